The van der Waals surface area contributed by atoms with Crippen molar-refractivity contribution in [2.45, 2.75) is 58.3 Å². The van der Waals surface area contributed by atoms with Crippen LogP contribution in [0.1, 0.15) is 52.6 Å². The highest BCUT2D eigenvalue weighted by molar-refractivity contribution is 5.39. The first-order valence-corrected chi connectivity index (χ1v) is 11.2. The maximum atomic E-state index is 10.2. The lowest BCUT2D eigenvalue weighted by atomic mass is 9.92. The molecule has 3 aromatic rings. The van der Waals surface area contributed by atoms with Crippen LogP contribution in [0.2, 0.25) is 0 Å². The molecule has 4 rings (SSSR count). The fourth-order valence-electron chi connectivity index (χ4n) is 4.29. The average molecular weight is 434 g/mol. The van der Waals surface area contributed by atoms with Crippen molar-refractivity contribution in [1.82, 2.24) is 4.98 Å². The Morgan fingerprint density at radius 2 is 1.66 bits per heavy atom. The lowest BCUT2D eigenvalue weighted by molar-refractivity contribution is -0.113. The molecule has 2 N–H and O–H groups in total. The van der Waals surface area contributed by atoms with Gasteiger partial charge in [-0.3, -0.25) is 4.98 Å². The minimum absolute atomic E-state index is 0.0701. The number of aryl methyl sites for hydroxylation is 3. The molecule has 32 heavy (non-hydrogen) atoms. The molecule has 0 radical (unpaired) electrons. The first-order valence-electron chi connectivity index (χ1n) is 11.2. The third-order valence-electron chi connectivity index (χ3n) is 5.94. The van der Waals surface area contributed by atoms with Crippen LogP contribution in [0.25, 0.3) is 0 Å². The van der Waals surface area contributed by atoms with E-state index in [2.05, 4.69) is 42.2 Å². The summed E-state index contributed by atoms with van der Waals surface area (Å²) in [6.07, 6.45) is 0.882. The maximum Gasteiger partial charge on any atom is 0.131 e. The molecular formula is C27H31NO4. The maximum absolute atomic E-state index is 10.2. The average Bonchev–Trinajstić information content (AvgIpc) is 2.75. The van der Waals surface area contributed by atoms with Crippen molar-refractivity contribution in [1.29, 1.82) is 0 Å². The van der Waals surface area contributed by atoms with E-state index in [-0.39, 0.29) is 18.8 Å². The molecule has 0 aliphatic carbocycles. The fraction of sp³-hybridized carbons (Fsp3) is 0.370. The van der Waals surface area contributed by atoms with Crippen molar-refractivity contribution in [2.24, 2.45) is 0 Å². The summed E-state index contributed by atoms with van der Waals surface area (Å²) in [5, 5.41) is 19.6. The van der Waals surface area contributed by atoms with Gasteiger partial charge in [-0.1, -0.05) is 30.3 Å². The zero-order valence-corrected chi connectivity index (χ0v) is 18.9. The van der Waals surface area contributed by atoms with Gasteiger partial charge in [0.2, 0.25) is 0 Å². The van der Waals surface area contributed by atoms with Gasteiger partial charge >= 0.3 is 0 Å². The molecule has 1 aliphatic heterocycles. The number of aliphatic hydroxyl groups excluding tert-OH is 2. The predicted octanol–water partition coefficient (Wildman–Crippen LogP) is 4.96. The Labute approximate surface area is 189 Å². The van der Waals surface area contributed by atoms with Gasteiger partial charge in [0, 0.05) is 36.4 Å². The summed E-state index contributed by atoms with van der Waals surface area (Å²) < 4.78 is 12.0. The lowest BCUT2D eigenvalue weighted by Crippen LogP contribution is -2.33. The number of rotatable bonds is 6. The van der Waals surface area contributed by atoms with Crippen molar-refractivity contribution in [2.75, 3.05) is 6.61 Å². The van der Waals surface area contributed by atoms with Crippen LogP contribution in [-0.2, 0) is 11.2 Å². The fourth-order valence-corrected chi connectivity index (χ4v) is 4.29. The summed E-state index contributed by atoms with van der Waals surface area (Å²) >= 11 is 0. The molecule has 3 atom stereocenters. The Balaban J connectivity index is 1.47. The Hall–Kier alpha value is -2.73. The van der Waals surface area contributed by atoms with Crippen LogP contribution in [0.3, 0.4) is 0 Å². The SMILES string of the molecule is Cc1cc(Oc2ccc(Cc3cc([C@H]4CC(O)C[C@@H](CO)O4)ccc3C)cc2)cc(C)n1. The zero-order chi connectivity index (χ0) is 22.7. The second-order valence-electron chi connectivity index (χ2n) is 8.75. The molecule has 168 valence electrons. The number of aromatic nitrogens is 1. The normalized spacial score (nSPS) is 20.8. The zero-order valence-electron chi connectivity index (χ0n) is 18.9. The van der Waals surface area contributed by atoms with E-state index in [4.69, 9.17) is 9.47 Å². The number of hydrogen-bond donors (Lipinski definition) is 2. The molecule has 1 aromatic heterocycles. The van der Waals surface area contributed by atoms with E-state index < -0.39 is 6.10 Å². The Morgan fingerprint density at radius 3 is 2.34 bits per heavy atom. The highest BCUT2D eigenvalue weighted by Crippen LogP contribution is 2.33. The highest BCUT2D eigenvalue weighted by Gasteiger charge is 2.29. The summed E-state index contributed by atoms with van der Waals surface area (Å²) in [5.41, 5.74) is 6.55. The van der Waals surface area contributed by atoms with Crippen LogP contribution >= 0.6 is 0 Å². The summed E-state index contributed by atoms with van der Waals surface area (Å²) in [7, 11) is 0. The molecule has 0 amide bonds. The molecule has 0 bridgehead atoms. The van der Waals surface area contributed by atoms with Crippen molar-refractivity contribution in [3.05, 3.63) is 88.2 Å². The summed E-state index contributed by atoms with van der Waals surface area (Å²) in [4.78, 5) is 4.38. The largest absolute Gasteiger partial charge is 0.457 e. The minimum Gasteiger partial charge on any atom is -0.457 e. The highest BCUT2D eigenvalue weighted by atomic mass is 16.5. The number of aliphatic hydroxyl groups is 2. The number of pyridine rings is 1. The third-order valence-corrected chi connectivity index (χ3v) is 5.94. The molecule has 2 heterocycles. The topological polar surface area (TPSA) is 71.8 Å². The smallest absolute Gasteiger partial charge is 0.131 e. The van der Waals surface area contributed by atoms with Gasteiger partial charge in [-0.2, -0.15) is 0 Å². The predicted molar refractivity (Wildman–Crippen MR) is 124 cm³/mol. The molecular weight excluding hydrogens is 402 g/mol. The van der Waals surface area contributed by atoms with Gasteiger partial charge in [0.05, 0.1) is 24.9 Å². The van der Waals surface area contributed by atoms with Crippen molar-refractivity contribution in [3.8, 4) is 11.5 Å². The summed E-state index contributed by atoms with van der Waals surface area (Å²) in [6, 6.07) is 18.4. The van der Waals surface area contributed by atoms with E-state index >= 15 is 0 Å². The molecule has 5 nitrogen and oxygen atoms in total. The van der Waals surface area contributed by atoms with Gasteiger partial charge in [-0.05, 0) is 61.6 Å². The van der Waals surface area contributed by atoms with Crippen LogP contribution < -0.4 is 4.74 Å². The standard InChI is InChI=1S/C27H31NO4/c1-17-4-7-21(27-15-23(30)14-26(16-29)32-27)13-22(17)12-20-5-8-24(9-6-20)31-25-10-18(2)28-19(3)11-25/h4-11,13,23,26-27,29-30H,12,14-16H2,1-3H3/t23?,26-,27+/m0/s1. The van der Waals surface area contributed by atoms with E-state index in [1.54, 1.807) is 0 Å². The van der Waals surface area contributed by atoms with Crippen LogP contribution in [0.4, 0.5) is 0 Å². The second kappa shape index (κ2) is 9.82. The van der Waals surface area contributed by atoms with Crippen molar-refractivity contribution < 1.29 is 19.7 Å². The van der Waals surface area contributed by atoms with E-state index in [1.165, 1.54) is 16.7 Å². The van der Waals surface area contributed by atoms with Crippen LogP contribution in [0.15, 0.2) is 54.6 Å². The monoisotopic (exact) mass is 433 g/mol. The van der Waals surface area contributed by atoms with Gasteiger partial charge < -0.3 is 19.7 Å². The first-order chi connectivity index (χ1) is 15.4. The molecule has 1 aliphatic rings. The van der Waals surface area contributed by atoms with E-state index in [9.17, 15) is 10.2 Å². The Morgan fingerprint density at radius 1 is 0.938 bits per heavy atom. The van der Waals surface area contributed by atoms with Gasteiger partial charge in [-0.25, -0.2) is 0 Å². The van der Waals surface area contributed by atoms with Gasteiger partial charge in [0.15, 0.2) is 0 Å². The number of hydrogen-bond acceptors (Lipinski definition) is 5. The molecule has 2 aromatic carbocycles. The first kappa shape index (κ1) is 22.5. The second-order valence-corrected chi connectivity index (χ2v) is 8.75. The summed E-state index contributed by atoms with van der Waals surface area (Å²) in [6.45, 7) is 5.96. The van der Waals surface area contributed by atoms with E-state index in [0.29, 0.717) is 12.8 Å². The lowest BCUT2D eigenvalue weighted by Gasteiger charge is -2.32. The quantitative estimate of drug-likeness (QED) is 0.575. The molecule has 1 fully saturated rings. The Bertz CT molecular complexity index is 1040. The Kier molecular flexibility index (Phi) is 6.89. The molecule has 1 unspecified atom stereocenters. The van der Waals surface area contributed by atoms with Gasteiger partial charge in [0.25, 0.3) is 0 Å². The van der Waals surface area contributed by atoms with Crippen LogP contribution in [-0.4, -0.2) is 34.0 Å². The van der Waals surface area contributed by atoms with E-state index in [1.807, 2.05) is 38.1 Å². The van der Waals surface area contributed by atoms with E-state index in [0.717, 1.165) is 34.9 Å². The molecule has 1 saturated heterocycles. The van der Waals surface area contributed by atoms with Crippen LogP contribution in [0.5, 0.6) is 11.5 Å². The number of benzene rings is 2. The van der Waals surface area contributed by atoms with Gasteiger partial charge in [0.1, 0.15) is 11.5 Å². The summed E-state index contributed by atoms with van der Waals surface area (Å²) in [5.74, 6) is 1.59. The van der Waals surface area contributed by atoms with Gasteiger partial charge in [-0.15, -0.1) is 0 Å². The molecule has 0 saturated carbocycles. The molecule has 5 heteroatoms. The number of nitrogens with zero attached hydrogens (tertiary/aromatic N) is 1. The molecule has 0 spiro atoms. The third kappa shape index (κ3) is 5.54. The minimum atomic E-state index is -0.448. The van der Waals surface area contributed by atoms with Crippen LogP contribution in [0, 0.1) is 20.8 Å². The number of ether oxygens (including phenoxy) is 2. The van der Waals surface area contributed by atoms with Crippen molar-refractivity contribution >= 4 is 0 Å². The van der Waals surface area contributed by atoms with Crippen molar-refractivity contribution in [3.63, 3.8) is 0 Å².